The summed E-state index contributed by atoms with van der Waals surface area (Å²) in [5, 5.41) is 8.59. The van der Waals surface area contributed by atoms with Gasteiger partial charge in [0.2, 0.25) is 0 Å². The number of benzene rings is 1. The van der Waals surface area contributed by atoms with Crippen LogP contribution in [-0.2, 0) is 0 Å². The van der Waals surface area contributed by atoms with Gasteiger partial charge >= 0.3 is 5.97 Å². The number of hydrogen-bond donors (Lipinski definition) is 1. The molecule has 1 aromatic carbocycles. The molecule has 1 N–H and O–H groups in total. The summed E-state index contributed by atoms with van der Waals surface area (Å²) >= 11 is 29.8. The Labute approximate surface area is 143 Å². The van der Waals surface area contributed by atoms with Crippen molar-refractivity contribution < 1.29 is 14.3 Å². The number of hydrogen-bond acceptors (Lipinski definition) is 2. The van der Waals surface area contributed by atoms with E-state index in [1.807, 2.05) is 0 Å². The van der Waals surface area contributed by atoms with Crippen molar-refractivity contribution in [2.45, 2.75) is 0 Å². The first-order chi connectivity index (χ1) is 9.75. The third-order valence-electron chi connectivity index (χ3n) is 2.51. The molecule has 1 heterocycles. The van der Waals surface area contributed by atoms with Gasteiger partial charge in [0.1, 0.15) is 0 Å². The van der Waals surface area contributed by atoms with Crippen molar-refractivity contribution in [2.75, 3.05) is 0 Å². The zero-order chi connectivity index (χ0) is 15.9. The lowest BCUT2D eigenvalue weighted by Gasteiger charge is -2.12. The first-order valence-electron chi connectivity index (χ1n) is 5.17. The molecule has 0 atom stereocenters. The summed E-state index contributed by atoms with van der Waals surface area (Å²) < 4.78 is 13.4. The molecule has 1 aromatic heterocycles. The van der Waals surface area contributed by atoms with Crippen molar-refractivity contribution in [1.82, 2.24) is 4.98 Å². The molecular weight excluding hydrogens is 386 g/mol. The van der Waals surface area contributed by atoms with Crippen LogP contribution in [0.15, 0.2) is 12.1 Å². The fourth-order valence-electron chi connectivity index (χ4n) is 1.56. The van der Waals surface area contributed by atoms with Gasteiger partial charge < -0.3 is 5.11 Å². The third-order valence-corrected chi connectivity index (χ3v) is 4.79. The molecule has 0 spiro atoms. The number of aromatic carboxylic acids is 1. The van der Waals surface area contributed by atoms with E-state index >= 15 is 0 Å². The van der Waals surface area contributed by atoms with Gasteiger partial charge in [-0.3, -0.25) is 0 Å². The molecule has 3 nitrogen and oxygen atoms in total. The Kier molecular flexibility index (Phi) is 4.85. The smallest absolute Gasteiger partial charge is 0.357 e. The van der Waals surface area contributed by atoms with Crippen molar-refractivity contribution in [3.8, 4) is 11.3 Å². The van der Waals surface area contributed by atoms with Crippen LogP contribution in [0.5, 0.6) is 0 Å². The maximum atomic E-state index is 13.4. The van der Waals surface area contributed by atoms with Crippen molar-refractivity contribution in [3.63, 3.8) is 0 Å². The summed E-state index contributed by atoms with van der Waals surface area (Å²) in [7, 11) is 0. The van der Waals surface area contributed by atoms with Gasteiger partial charge in [-0.05, 0) is 12.1 Å². The summed E-state index contributed by atoms with van der Waals surface area (Å²) in [6.07, 6.45) is 0. The maximum absolute atomic E-state index is 13.4. The van der Waals surface area contributed by atoms with Crippen LogP contribution in [-0.4, -0.2) is 16.1 Å². The lowest BCUT2D eigenvalue weighted by Crippen LogP contribution is -2.05. The van der Waals surface area contributed by atoms with Gasteiger partial charge in [-0.25, -0.2) is 14.2 Å². The average Bonchev–Trinajstić information content (AvgIpc) is 2.44. The van der Waals surface area contributed by atoms with Crippen LogP contribution in [0.25, 0.3) is 11.3 Å². The summed E-state index contributed by atoms with van der Waals surface area (Å²) in [4.78, 5) is 14.6. The normalized spacial score (nSPS) is 10.8. The molecule has 2 rings (SSSR count). The Morgan fingerprint density at radius 1 is 0.952 bits per heavy atom. The van der Waals surface area contributed by atoms with Crippen molar-refractivity contribution in [3.05, 3.63) is 48.8 Å². The van der Waals surface area contributed by atoms with E-state index in [0.717, 1.165) is 6.07 Å². The largest absolute Gasteiger partial charge is 0.476 e. The molecule has 0 aliphatic carbocycles. The van der Waals surface area contributed by atoms with Crippen LogP contribution >= 0.6 is 58.0 Å². The van der Waals surface area contributed by atoms with Crippen molar-refractivity contribution in [2.24, 2.45) is 0 Å². The molecule has 2 aromatic rings. The number of rotatable bonds is 2. The van der Waals surface area contributed by atoms with E-state index in [2.05, 4.69) is 4.98 Å². The highest BCUT2D eigenvalue weighted by Crippen LogP contribution is 2.47. The topological polar surface area (TPSA) is 50.2 Å². The van der Waals surface area contributed by atoms with Gasteiger partial charge in [0.05, 0.1) is 30.8 Å². The standard InChI is InChI=1S/C12H3Cl5FNO2/c13-6-5(7(14)9(16)10(17)8(6)15)4-2-1-3(18)11(19-4)12(20)21/h1-2H,(H,20,21). The number of nitrogens with zero attached hydrogens (tertiary/aromatic N) is 1. The fraction of sp³-hybridized carbons (Fsp3) is 0. The van der Waals surface area contributed by atoms with Gasteiger partial charge in [0.15, 0.2) is 11.5 Å². The molecule has 0 saturated heterocycles. The predicted molar refractivity (Wildman–Crippen MR) is 81.6 cm³/mol. The van der Waals surface area contributed by atoms with Crippen molar-refractivity contribution >= 4 is 64.0 Å². The van der Waals surface area contributed by atoms with Crippen LogP contribution in [0.1, 0.15) is 10.5 Å². The molecule has 0 saturated carbocycles. The molecule has 0 bridgehead atoms. The van der Waals surface area contributed by atoms with E-state index in [-0.39, 0.29) is 36.4 Å². The lowest BCUT2D eigenvalue weighted by atomic mass is 10.1. The van der Waals surface area contributed by atoms with Gasteiger partial charge in [0, 0.05) is 5.56 Å². The summed E-state index contributed by atoms with van der Waals surface area (Å²) in [6.45, 7) is 0. The van der Waals surface area contributed by atoms with E-state index < -0.39 is 17.5 Å². The number of aromatic nitrogens is 1. The van der Waals surface area contributed by atoms with E-state index in [4.69, 9.17) is 63.1 Å². The van der Waals surface area contributed by atoms with Gasteiger partial charge in [-0.15, -0.1) is 0 Å². The molecule has 110 valence electrons. The quantitative estimate of drug-likeness (QED) is 0.517. The van der Waals surface area contributed by atoms with E-state index in [9.17, 15) is 9.18 Å². The minimum Gasteiger partial charge on any atom is -0.476 e. The van der Waals surface area contributed by atoms with E-state index in [1.54, 1.807) is 0 Å². The molecule has 21 heavy (non-hydrogen) atoms. The summed E-state index contributed by atoms with van der Waals surface area (Å²) in [5.74, 6) is -2.53. The van der Waals surface area contributed by atoms with Crippen molar-refractivity contribution in [1.29, 1.82) is 0 Å². The second-order valence-corrected chi connectivity index (χ2v) is 5.67. The minimum atomic E-state index is -1.53. The summed E-state index contributed by atoms with van der Waals surface area (Å²) in [5.41, 5.74) is -0.702. The molecule has 9 heteroatoms. The Morgan fingerprint density at radius 3 is 1.90 bits per heavy atom. The second-order valence-electron chi connectivity index (χ2n) is 3.78. The average molecular weight is 389 g/mol. The van der Waals surface area contributed by atoms with E-state index in [0.29, 0.717) is 0 Å². The number of pyridine rings is 1. The summed E-state index contributed by atoms with van der Waals surface area (Å²) in [6, 6.07) is 2.13. The Bertz CT molecular complexity index is 737. The minimum absolute atomic E-state index is 0.00395. The zero-order valence-corrected chi connectivity index (χ0v) is 13.5. The van der Waals surface area contributed by atoms with Gasteiger partial charge in [-0.2, -0.15) is 0 Å². The Hall–Kier alpha value is -0.780. The van der Waals surface area contributed by atoms with Crippen LogP contribution in [0, 0.1) is 5.82 Å². The van der Waals surface area contributed by atoms with Crippen LogP contribution in [0.3, 0.4) is 0 Å². The second kappa shape index (κ2) is 6.15. The number of carboxylic acids is 1. The SMILES string of the molecule is O=C(O)c1nc(-c2c(Cl)c(Cl)c(Cl)c(Cl)c2Cl)ccc1F. The first kappa shape index (κ1) is 16.6. The monoisotopic (exact) mass is 387 g/mol. The number of carbonyl (C=O) groups is 1. The molecule has 0 fully saturated rings. The van der Waals surface area contributed by atoms with Crippen LogP contribution in [0.4, 0.5) is 4.39 Å². The fourth-order valence-corrected chi connectivity index (χ4v) is 2.89. The predicted octanol–water partition coefficient (Wildman–Crippen LogP) is 5.85. The van der Waals surface area contributed by atoms with E-state index in [1.165, 1.54) is 6.07 Å². The number of halogens is 6. The lowest BCUT2D eigenvalue weighted by molar-refractivity contribution is 0.0685. The zero-order valence-electron chi connectivity index (χ0n) is 9.73. The number of carboxylic acid groups (broad SMARTS) is 1. The first-order valence-corrected chi connectivity index (χ1v) is 7.06. The highest BCUT2D eigenvalue weighted by Gasteiger charge is 2.23. The van der Waals surface area contributed by atoms with Crippen LogP contribution in [0.2, 0.25) is 25.1 Å². The molecule has 0 radical (unpaired) electrons. The molecule has 0 unspecified atom stereocenters. The molecule has 0 aliphatic heterocycles. The Morgan fingerprint density at radius 2 is 1.43 bits per heavy atom. The third kappa shape index (κ3) is 2.91. The highest BCUT2D eigenvalue weighted by molar-refractivity contribution is 6.56. The molecule has 0 aliphatic rings. The molecular formula is C12H3Cl5FNO2. The molecule has 0 amide bonds. The van der Waals surface area contributed by atoms with Crippen LogP contribution < -0.4 is 0 Å². The highest BCUT2D eigenvalue weighted by atomic mass is 35.5. The maximum Gasteiger partial charge on any atom is 0.357 e. The Balaban J connectivity index is 2.80. The van der Waals surface area contributed by atoms with Gasteiger partial charge in [-0.1, -0.05) is 58.0 Å². The van der Waals surface area contributed by atoms with Gasteiger partial charge in [0.25, 0.3) is 0 Å².